The molecule has 0 spiro atoms. The molecule has 0 amide bonds. The highest BCUT2D eigenvalue weighted by Gasteiger charge is 2.25. The van der Waals surface area contributed by atoms with Crippen LogP contribution >= 0.6 is 11.7 Å². The van der Waals surface area contributed by atoms with Gasteiger partial charge in [0.15, 0.2) is 17.3 Å². The van der Waals surface area contributed by atoms with Crippen LogP contribution in [-0.2, 0) is 11.2 Å². The Hall–Kier alpha value is -4.55. The number of carboxylic acids is 1. The highest BCUT2D eigenvalue weighted by molar-refractivity contribution is 7.00. The fourth-order valence-electron chi connectivity index (χ4n) is 3.70. The number of fused-ring (bicyclic) bond motifs is 1. The lowest BCUT2D eigenvalue weighted by Gasteiger charge is -2.14. The van der Waals surface area contributed by atoms with Crippen LogP contribution < -0.4 is 9.47 Å². The molecular formula is C26H19N3O5S. The van der Waals surface area contributed by atoms with Gasteiger partial charge in [0.2, 0.25) is 0 Å². The molecule has 0 aliphatic rings. The zero-order valence-electron chi connectivity index (χ0n) is 18.8. The summed E-state index contributed by atoms with van der Waals surface area (Å²) in [6.07, 6.45) is 0.0356. The van der Waals surface area contributed by atoms with Crippen molar-refractivity contribution in [2.45, 2.75) is 6.42 Å². The molecule has 1 heterocycles. The minimum atomic E-state index is -1.25. The Balaban J connectivity index is 1.90. The zero-order chi connectivity index (χ0) is 24.9. The molecule has 0 bridgehead atoms. The molecule has 0 saturated heterocycles. The molecule has 0 aliphatic carbocycles. The Morgan fingerprint density at radius 3 is 2.26 bits per heavy atom. The minimum Gasteiger partial charge on any atom is -0.493 e. The number of ether oxygens (including phenoxy) is 2. The molecule has 0 saturated carbocycles. The topological polar surface area (TPSA) is 122 Å². The van der Waals surface area contributed by atoms with E-state index in [-0.39, 0.29) is 23.1 Å². The third-order valence-corrected chi connectivity index (χ3v) is 6.00. The largest absolute Gasteiger partial charge is 0.493 e. The molecule has 4 aromatic rings. The van der Waals surface area contributed by atoms with Gasteiger partial charge in [0.25, 0.3) is 0 Å². The van der Waals surface area contributed by atoms with Gasteiger partial charge < -0.3 is 14.6 Å². The molecule has 0 atom stereocenters. The van der Waals surface area contributed by atoms with Crippen LogP contribution in [0.1, 0.15) is 27.0 Å². The molecule has 0 radical (unpaired) electrons. The Morgan fingerprint density at radius 1 is 0.914 bits per heavy atom. The Labute approximate surface area is 205 Å². The lowest BCUT2D eigenvalue weighted by molar-refractivity contribution is -0.130. The molecule has 3 aromatic carbocycles. The number of benzene rings is 3. The van der Waals surface area contributed by atoms with E-state index in [2.05, 4.69) is 14.8 Å². The first kappa shape index (κ1) is 23.6. The summed E-state index contributed by atoms with van der Waals surface area (Å²) in [6, 6.07) is 18.3. The summed E-state index contributed by atoms with van der Waals surface area (Å²) < 4.78 is 18.9. The van der Waals surface area contributed by atoms with Gasteiger partial charge in [-0.05, 0) is 53.6 Å². The van der Waals surface area contributed by atoms with Gasteiger partial charge in [-0.2, -0.15) is 14.0 Å². The van der Waals surface area contributed by atoms with Crippen LogP contribution in [0.25, 0.3) is 16.6 Å². The quantitative estimate of drug-likeness (QED) is 0.285. The van der Waals surface area contributed by atoms with E-state index >= 15 is 0 Å². The van der Waals surface area contributed by atoms with Crippen LogP contribution in [0.15, 0.2) is 66.2 Å². The summed E-state index contributed by atoms with van der Waals surface area (Å²) in [4.78, 5) is 26.3. The fraction of sp³-hybridized carbons (Fsp3) is 0.115. The second-order valence-electron chi connectivity index (χ2n) is 7.51. The lowest BCUT2D eigenvalue weighted by atomic mass is 9.89. The van der Waals surface area contributed by atoms with Crippen molar-refractivity contribution >= 4 is 40.1 Å². The monoisotopic (exact) mass is 485 g/mol. The summed E-state index contributed by atoms with van der Waals surface area (Å²) in [5, 5.41) is 19.3. The van der Waals surface area contributed by atoms with Gasteiger partial charge in [-0.3, -0.25) is 4.79 Å². The molecular weight excluding hydrogens is 466 g/mol. The number of hydrogen-bond donors (Lipinski definition) is 1. The molecule has 9 heteroatoms. The summed E-state index contributed by atoms with van der Waals surface area (Å²) in [5.41, 5.74) is 2.87. The van der Waals surface area contributed by atoms with Crippen LogP contribution in [0.4, 0.5) is 0 Å². The van der Waals surface area contributed by atoms with Crippen LogP contribution in [-0.4, -0.2) is 39.8 Å². The van der Waals surface area contributed by atoms with E-state index in [1.165, 1.54) is 20.3 Å². The number of carbonyl (C=O) groups is 2. The van der Waals surface area contributed by atoms with Crippen molar-refractivity contribution in [3.63, 3.8) is 0 Å². The maximum atomic E-state index is 13.8. The van der Waals surface area contributed by atoms with Gasteiger partial charge in [-0.25, -0.2) is 4.79 Å². The average molecular weight is 486 g/mol. The van der Waals surface area contributed by atoms with E-state index in [1.807, 2.05) is 0 Å². The van der Waals surface area contributed by atoms with E-state index in [0.717, 1.165) is 11.7 Å². The second-order valence-corrected chi connectivity index (χ2v) is 8.04. The van der Waals surface area contributed by atoms with Crippen molar-refractivity contribution < 1.29 is 24.2 Å². The number of hydrogen-bond acceptors (Lipinski definition) is 8. The van der Waals surface area contributed by atoms with Crippen LogP contribution in [0, 0.1) is 11.3 Å². The number of carbonyl (C=O) groups excluding carboxylic acids is 1. The van der Waals surface area contributed by atoms with Gasteiger partial charge >= 0.3 is 5.97 Å². The lowest BCUT2D eigenvalue weighted by Crippen LogP contribution is -2.14. The van der Waals surface area contributed by atoms with Crippen molar-refractivity contribution in [1.82, 2.24) is 8.75 Å². The minimum absolute atomic E-state index is 0.0356. The summed E-state index contributed by atoms with van der Waals surface area (Å²) in [5.74, 6) is -0.918. The van der Waals surface area contributed by atoms with Gasteiger partial charge in [0.1, 0.15) is 11.0 Å². The first-order valence-corrected chi connectivity index (χ1v) is 11.1. The van der Waals surface area contributed by atoms with E-state index in [0.29, 0.717) is 39.2 Å². The normalized spacial score (nSPS) is 11.5. The van der Waals surface area contributed by atoms with Crippen LogP contribution in [0.2, 0.25) is 0 Å². The molecule has 0 unspecified atom stereocenters. The molecule has 35 heavy (non-hydrogen) atoms. The highest BCUT2D eigenvalue weighted by Crippen LogP contribution is 2.32. The van der Waals surface area contributed by atoms with Crippen molar-refractivity contribution in [3.8, 4) is 17.6 Å². The van der Waals surface area contributed by atoms with Gasteiger partial charge in [0, 0.05) is 17.6 Å². The number of allylic oxidation sites excluding steroid dienone is 1. The van der Waals surface area contributed by atoms with Crippen molar-refractivity contribution in [2.24, 2.45) is 0 Å². The summed E-state index contributed by atoms with van der Waals surface area (Å²) >= 11 is 1.02. The number of rotatable bonds is 8. The number of aliphatic carboxylic acids is 1. The van der Waals surface area contributed by atoms with E-state index in [4.69, 9.17) is 14.7 Å². The predicted octanol–water partition coefficient (Wildman–Crippen LogP) is 4.54. The van der Waals surface area contributed by atoms with Gasteiger partial charge in [-0.15, -0.1) is 0 Å². The first-order chi connectivity index (χ1) is 16.9. The summed E-state index contributed by atoms with van der Waals surface area (Å²) in [7, 11) is 2.95. The van der Waals surface area contributed by atoms with E-state index < -0.39 is 11.8 Å². The van der Waals surface area contributed by atoms with Crippen LogP contribution in [0.3, 0.4) is 0 Å². The van der Waals surface area contributed by atoms with Crippen molar-refractivity contribution in [1.29, 1.82) is 5.26 Å². The number of Topliss-reactive ketones (excluding diaryl/α,β-unsaturated/α-hetero) is 1. The highest BCUT2D eigenvalue weighted by atomic mass is 32.1. The van der Waals surface area contributed by atoms with Gasteiger partial charge in [0.05, 0.1) is 43.2 Å². The number of nitrogens with zero attached hydrogens (tertiary/aromatic N) is 3. The smallest absolute Gasteiger partial charge is 0.336 e. The first-order valence-electron chi connectivity index (χ1n) is 10.4. The predicted molar refractivity (Wildman–Crippen MR) is 131 cm³/mol. The number of carboxylic acid groups (broad SMARTS) is 1. The molecule has 0 aliphatic heterocycles. The molecule has 0 fully saturated rings. The van der Waals surface area contributed by atoms with E-state index in [1.54, 1.807) is 54.6 Å². The van der Waals surface area contributed by atoms with Crippen molar-refractivity contribution in [3.05, 3.63) is 88.5 Å². The molecule has 8 nitrogen and oxygen atoms in total. The maximum Gasteiger partial charge on any atom is 0.336 e. The average Bonchev–Trinajstić information content (AvgIpc) is 3.35. The Kier molecular flexibility index (Phi) is 6.85. The molecule has 4 rings (SSSR count). The molecule has 1 N–H and O–H groups in total. The zero-order valence-corrected chi connectivity index (χ0v) is 19.6. The summed E-state index contributed by atoms with van der Waals surface area (Å²) in [6.45, 7) is 0. The van der Waals surface area contributed by atoms with E-state index in [9.17, 15) is 14.7 Å². The number of nitriles is 1. The number of ketones is 1. The van der Waals surface area contributed by atoms with Crippen molar-refractivity contribution in [2.75, 3.05) is 14.2 Å². The fourth-order valence-corrected chi connectivity index (χ4v) is 4.22. The third kappa shape index (κ3) is 4.88. The Bertz CT molecular complexity index is 1500. The molecule has 174 valence electrons. The standard InChI is InChI=1S/C26H19N3O5S/c1-33-22-10-8-18(13-23(22)34-2)25(30)19(11-15-3-5-16(14-27)6-4-15)24(26(31)32)17-7-9-20-21(12-17)29-35-28-20/h3-10,12-13H,11H2,1-2H3,(H,31,32)/b24-19+. The maximum absolute atomic E-state index is 13.8. The molecule has 1 aromatic heterocycles. The van der Waals surface area contributed by atoms with Gasteiger partial charge in [-0.1, -0.05) is 18.2 Å². The van der Waals surface area contributed by atoms with Crippen LogP contribution in [0.5, 0.6) is 11.5 Å². The third-order valence-electron chi connectivity index (χ3n) is 5.44. The Morgan fingerprint density at radius 2 is 1.60 bits per heavy atom. The SMILES string of the molecule is COc1ccc(C(=O)/C(Cc2ccc(C#N)cc2)=C(/C(=O)O)c2ccc3nsnc3c2)cc1OC. The second kappa shape index (κ2) is 10.2. The number of methoxy groups -OCH3 is 2. The number of aromatic nitrogens is 2.